The van der Waals surface area contributed by atoms with Crippen LogP contribution in [0.15, 0.2) is 36.4 Å². The maximum absolute atomic E-state index is 6.39. The maximum atomic E-state index is 6.39. The van der Waals surface area contributed by atoms with Crippen molar-refractivity contribution in [1.29, 1.82) is 0 Å². The van der Waals surface area contributed by atoms with Crippen molar-refractivity contribution < 1.29 is 14.2 Å². The van der Waals surface area contributed by atoms with E-state index in [0.29, 0.717) is 11.7 Å². The standard InChI is InChI=1S/C27H36ClN3O3S/c1-5-33-20-9-10-25-21(17-20)24(18-27(3,4)34-25)31(12-11-30-13-15-32-16-14-30)26(35)29-23-8-6-7-22(28)19(23)2/h6-10,17,24H,5,11-16,18H2,1-4H3,(H,29,35). The molecule has 2 aromatic rings. The Morgan fingerprint density at radius 3 is 2.77 bits per heavy atom. The minimum atomic E-state index is -0.330. The number of thiocarbonyl (C=S) groups is 1. The van der Waals surface area contributed by atoms with E-state index in [4.69, 9.17) is 38.0 Å². The van der Waals surface area contributed by atoms with Gasteiger partial charge in [-0.1, -0.05) is 17.7 Å². The van der Waals surface area contributed by atoms with Crippen molar-refractivity contribution in [1.82, 2.24) is 9.80 Å². The van der Waals surface area contributed by atoms with Gasteiger partial charge in [-0.05, 0) is 75.8 Å². The van der Waals surface area contributed by atoms with Gasteiger partial charge in [-0.15, -0.1) is 0 Å². The summed E-state index contributed by atoms with van der Waals surface area (Å²) in [5.74, 6) is 1.73. The highest BCUT2D eigenvalue weighted by Crippen LogP contribution is 2.44. The van der Waals surface area contributed by atoms with Gasteiger partial charge in [0.2, 0.25) is 0 Å². The molecule has 1 fully saturated rings. The van der Waals surface area contributed by atoms with Gasteiger partial charge in [0.25, 0.3) is 0 Å². The molecule has 0 radical (unpaired) electrons. The third-order valence-corrected chi connectivity index (χ3v) is 7.38. The Kier molecular flexibility index (Phi) is 8.42. The van der Waals surface area contributed by atoms with Gasteiger partial charge in [0, 0.05) is 48.9 Å². The number of hydrogen-bond acceptors (Lipinski definition) is 5. The molecule has 190 valence electrons. The number of benzene rings is 2. The third-order valence-electron chi connectivity index (χ3n) is 6.63. The number of halogens is 1. The number of nitrogens with one attached hydrogen (secondary N) is 1. The predicted octanol–water partition coefficient (Wildman–Crippen LogP) is 5.68. The van der Waals surface area contributed by atoms with Crippen LogP contribution in [-0.4, -0.2) is 66.5 Å². The molecule has 2 aliphatic heterocycles. The Balaban J connectivity index is 1.67. The molecular weight excluding hydrogens is 482 g/mol. The molecule has 35 heavy (non-hydrogen) atoms. The first kappa shape index (κ1) is 26.0. The molecule has 2 aromatic carbocycles. The fourth-order valence-corrected chi connectivity index (χ4v) is 5.24. The van der Waals surface area contributed by atoms with Crippen molar-refractivity contribution in [2.75, 3.05) is 51.3 Å². The van der Waals surface area contributed by atoms with Gasteiger partial charge < -0.3 is 24.4 Å². The van der Waals surface area contributed by atoms with Crippen LogP contribution in [0.1, 0.15) is 44.4 Å². The van der Waals surface area contributed by atoms with Gasteiger partial charge in [0.05, 0.1) is 25.9 Å². The second-order valence-electron chi connectivity index (χ2n) is 9.70. The van der Waals surface area contributed by atoms with Crippen LogP contribution < -0.4 is 14.8 Å². The van der Waals surface area contributed by atoms with Gasteiger partial charge in [-0.3, -0.25) is 4.90 Å². The number of hydrogen-bond donors (Lipinski definition) is 1. The molecular formula is C27H36ClN3O3S. The van der Waals surface area contributed by atoms with E-state index in [9.17, 15) is 0 Å². The van der Waals surface area contributed by atoms with Crippen molar-refractivity contribution in [3.8, 4) is 11.5 Å². The van der Waals surface area contributed by atoms with E-state index in [1.807, 2.05) is 44.2 Å². The summed E-state index contributed by atoms with van der Waals surface area (Å²) in [6.45, 7) is 14.0. The SMILES string of the molecule is CCOc1ccc2c(c1)C(N(CCN1CCOCC1)C(=S)Nc1cccc(Cl)c1C)CC(C)(C)O2. The van der Waals surface area contributed by atoms with Gasteiger partial charge in [-0.25, -0.2) is 0 Å². The lowest BCUT2D eigenvalue weighted by Gasteiger charge is -2.44. The average molecular weight is 518 g/mol. The zero-order chi connectivity index (χ0) is 25.0. The van der Waals surface area contributed by atoms with Gasteiger partial charge in [-0.2, -0.15) is 0 Å². The summed E-state index contributed by atoms with van der Waals surface area (Å²) in [6.07, 6.45) is 0.801. The summed E-state index contributed by atoms with van der Waals surface area (Å²) in [5.41, 5.74) is 2.68. The van der Waals surface area contributed by atoms with E-state index >= 15 is 0 Å². The summed E-state index contributed by atoms with van der Waals surface area (Å²) in [6, 6.07) is 12.0. The van der Waals surface area contributed by atoms with Crippen molar-refractivity contribution in [3.63, 3.8) is 0 Å². The first-order valence-electron chi connectivity index (χ1n) is 12.4. The molecule has 8 heteroatoms. The number of anilines is 1. The normalized spacial score (nSPS) is 19.4. The van der Waals surface area contributed by atoms with E-state index in [1.165, 1.54) is 0 Å². The highest BCUT2D eigenvalue weighted by Gasteiger charge is 2.38. The van der Waals surface area contributed by atoms with Gasteiger partial charge >= 0.3 is 0 Å². The zero-order valence-electron chi connectivity index (χ0n) is 21.1. The molecule has 4 rings (SSSR count). The Labute approximate surface area is 219 Å². The Morgan fingerprint density at radius 1 is 1.26 bits per heavy atom. The smallest absolute Gasteiger partial charge is 0.173 e. The third kappa shape index (κ3) is 6.39. The maximum Gasteiger partial charge on any atom is 0.173 e. The Hall–Kier alpha value is -2.06. The number of fused-ring (bicyclic) bond motifs is 1. The summed E-state index contributed by atoms with van der Waals surface area (Å²) < 4.78 is 17.7. The molecule has 1 saturated heterocycles. The summed E-state index contributed by atoms with van der Waals surface area (Å²) in [4.78, 5) is 4.75. The molecule has 0 aliphatic carbocycles. The van der Waals surface area contributed by atoms with Crippen LogP contribution >= 0.6 is 23.8 Å². The molecule has 2 aliphatic rings. The molecule has 1 atom stereocenters. The van der Waals surface area contributed by atoms with Crippen LogP contribution in [0.4, 0.5) is 5.69 Å². The van der Waals surface area contributed by atoms with E-state index in [2.05, 4.69) is 35.0 Å². The van der Waals surface area contributed by atoms with Crippen LogP contribution in [0.2, 0.25) is 5.02 Å². The topological polar surface area (TPSA) is 46.2 Å². The Morgan fingerprint density at radius 2 is 2.03 bits per heavy atom. The van der Waals surface area contributed by atoms with Crippen LogP contribution in [0.25, 0.3) is 0 Å². The van der Waals surface area contributed by atoms with Gasteiger partial charge in [0.15, 0.2) is 5.11 Å². The fraction of sp³-hybridized carbons (Fsp3) is 0.519. The first-order valence-corrected chi connectivity index (χ1v) is 13.1. The molecule has 1 unspecified atom stereocenters. The lowest BCUT2D eigenvalue weighted by Crippen LogP contribution is -2.48. The first-order chi connectivity index (χ1) is 16.8. The van der Waals surface area contributed by atoms with E-state index in [-0.39, 0.29) is 11.6 Å². The molecule has 0 aromatic heterocycles. The summed E-state index contributed by atoms with van der Waals surface area (Å²) in [7, 11) is 0. The van der Waals surface area contributed by atoms with Crippen LogP contribution in [-0.2, 0) is 4.74 Å². The van der Waals surface area contributed by atoms with Crippen molar-refractivity contribution in [3.05, 3.63) is 52.5 Å². The molecule has 6 nitrogen and oxygen atoms in total. The van der Waals surface area contributed by atoms with E-state index in [1.54, 1.807) is 0 Å². The van der Waals surface area contributed by atoms with Crippen molar-refractivity contribution in [2.45, 2.75) is 45.8 Å². The minimum absolute atomic E-state index is 0.0367. The number of rotatable bonds is 7. The summed E-state index contributed by atoms with van der Waals surface area (Å²) >= 11 is 12.4. The lowest BCUT2D eigenvalue weighted by molar-refractivity contribution is 0.0266. The highest BCUT2D eigenvalue weighted by atomic mass is 35.5. The lowest BCUT2D eigenvalue weighted by atomic mass is 9.88. The Bertz CT molecular complexity index is 1040. The quantitative estimate of drug-likeness (QED) is 0.474. The van der Waals surface area contributed by atoms with Crippen molar-refractivity contribution >= 4 is 34.6 Å². The highest BCUT2D eigenvalue weighted by molar-refractivity contribution is 7.80. The summed E-state index contributed by atoms with van der Waals surface area (Å²) in [5, 5.41) is 4.89. The molecule has 1 N–H and O–H groups in total. The predicted molar refractivity (Wildman–Crippen MR) is 146 cm³/mol. The molecule has 0 amide bonds. The van der Waals surface area contributed by atoms with Crippen LogP contribution in [0, 0.1) is 6.92 Å². The minimum Gasteiger partial charge on any atom is -0.494 e. The van der Waals surface area contributed by atoms with Crippen molar-refractivity contribution in [2.24, 2.45) is 0 Å². The van der Waals surface area contributed by atoms with E-state index < -0.39 is 0 Å². The van der Waals surface area contributed by atoms with Gasteiger partial charge in [0.1, 0.15) is 17.1 Å². The number of nitrogens with zero attached hydrogens (tertiary/aromatic N) is 2. The number of morpholine rings is 1. The second-order valence-corrected chi connectivity index (χ2v) is 10.5. The zero-order valence-corrected chi connectivity index (χ0v) is 22.7. The number of ether oxygens (including phenoxy) is 3. The largest absolute Gasteiger partial charge is 0.494 e. The van der Waals surface area contributed by atoms with Crippen LogP contribution in [0.5, 0.6) is 11.5 Å². The molecule has 0 spiro atoms. The average Bonchev–Trinajstić information content (AvgIpc) is 2.83. The molecule has 0 saturated carbocycles. The molecule has 0 bridgehead atoms. The van der Waals surface area contributed by atoms with E-state index in [0.717, 1.165) is 79.1 Å². The molecule has 2 heterocycles. The monoisotopic (exact) mass is 517 g/mol. The fourth-order valence-electron chi connectivity index (χ4n) is 4.73. The van der Waals surface area contributed by atoms with Crippen LogP contribution in [0.3, 0.4) is 0 Å². The second kappa shape index (κ2) is 11.3.